The molecule has 9 heteroatoms. The fourth-order valence-corrected chi connectivity index (χ4v) is 3.38. The Kier molecular flexibility index (Phi) is 7.17. The number of aliphatic hydroxyl groups is 3. The second-order valence-corrected chi connectivity index (χ2v) is 7.32. The van der Waals surface area contributed by atoms with Crippen molar-refractivity contribution in [3.8, 4) is 17.2 Å². The van der Waals surface area contributed by atoms with E-state index >= 15 is 0 Å². The summed E-state index contributed by atoms with van der Waals surface area (Å²) in [5, 5.41) is 33.7. The van der Waals surface area contributed by atoms with Gasteiger partial charge in [-0.15, -0.1) is 0 Å². The number of amides is 1. The molecule has 8 nitrogen and oxygen atoms in total. The standard InChI is InChI=1S/C21H24ClNO7/c1-23-17(24)10-16-18(25)19(26)20(27)21(30-16)11-3-8-14(22)15(9-11)29-13-6-4-12(28-2)5-7-13/h3-9,16,18-21,25-27H,10H2,1-2H3,(H,23,24)/t16-,18-,19+,20-,21+/m1/s1. The van der Waals surface area contributed by atoms with E-state index < -0.39 is 30.5 Å². The van der Waals surface area contributed by atoms with Crippen LogP contribution in [-0.4, -0.2) is 59.8 Å². The van der Waals surface area contributed by atoms with Crippen molar-refractivity contribution in [2.45, 2.75) is 36.9 Å². The maximum absolute atomic E-state index is 11.7. The highest BCUT2D eigenvalue weighted by Gasteiger charge is 2.44. The maximum Gasteiger partial charge on any atom is 0.222 e. The molecule has 0 aromatic heterocycles. The first-order valence-corrected chi connectivity index (χ1v) is 9.73. The fourth-order valence-electron chi connectivity index (χ4n) is 3.23. The molecule has 30 heavy (non-hydrogen) atoms. The molecule has 1 saturated heterocycles. The van der Waals surface area contributed by atoms with Gasteiger partial charge in [0, 0.05) is 7.05 Å². The van der Waals surface area contributed by atoms with Gasteiger partial charge in [-0.1, -0.05) is 17.7 Å². The van der Waals surface area contributed by atoms with Gasteiger partial charge < -0.3 is 34.8 Å². The van der Waals surface area contributed by atoms with Crippen LogP contribution in [-0.2, 0) is 9.53 Å². The van der Waals surface area contributed by atoms with E-state index in [1.54, 1.807) is 49.6 Å². The SMILES string of the molecule is CNC(=O)C[C@H]1O[C@@H](c2ccc(Cl)c(Oc3ccc(OC)cc3)c2)[C@H](O)[C@@H](O)[C@@H]1O. The number of benzene rings is 2. The van der Waals surface area contributed by atoms with Crippen molar-refractivity contribution < 1.29 is 34.3 Å². The summed E-state index contributed by atoms with van der Waals surface area (Å²) in [4.78, 5) is 11.7. The molecule has 0 unspecified atom stereocenters. The highest BCUT2D eigenvalue weighted by molar-refractivity contribution is 6.32. The third-order valence-corrected chi connectivity index (χ3v) is 5.26. The van der Waals surface area contributed by atoms with Crippen LogP contribution in [0.4, 0.5) is 0 Å². The average molecular weight is 438 g/mol. The van der Waals surface area contributed by atoms with Crippen molar-refractivity contribution >= 4 is 17.5 Å². The molecule has 3 rings (SSSR count). The lowest BCUT2D eigenvalue weighted by molar-refractivity contribution is -0.225. The summed E-state index contributed by atoms with van der Waals surface area (Å²) in [6, 6.07) is 11.7. The van der Waals surface area contributed by atoms with E-state index in [0.717, 1.165) is 0 Å². The average Bonchev–Trinajstić information content (AvgIpc) is 2.76. The van der Waals surface area contributed by atoms with Gasteiger partial charge in [0.25, 0.3) is 0 Å². The van der Waals surface area contributed by atoms with Crippen molar-refractivity contribution in [2.24, 2.45) is 0 Å². The minimum Gasteiger partial charge on any atom is -0.497 e. The van der Waals surface area contributed by atoms with Crippen molar-refractivity contribution in [3.63, 3.8) is 0 Å². The first-order chi connectivity index (χ1) is 14.3. The van der Waals surface area contributed by atoms with Gasteiger partial charge >= 0.3 is 0 Å². The summed E-state index contributed by atoms with van der Waals surface area (Å²) in [7, 11) is 3.02. The summed E-state index contributed by atoms with van der Waals surface area (Å²) in [6.07, 6.45) is -6.45. The van der Waals surface area contributed by atoms with E-state index in [0.29, 0.717) is 27.8 Å². The Bertz CT molecular complexity index is 876. The first-order valence-electron chi connectivity index (χ1n) is 9.35. The number of ether oxygens (including phenoxy) is 3. The van der Waals surface area contributed by atoms with Gasteiger partial charge in [-0.25, -0.2) is 0 Å². The van der Waals surface area contributed by atoms with Crippen molar-refractivity contribution in [3.05, 3.63) is 53.1 Å². The smallest absolute Gasteiger partial charge is 0.222 e. The third-order valence-electron chi connectivity index (χ3n) is 4.95. The van der Waals surface area contributed by atoms with Crippen LogP contribution in [0.25, 0.3) is 0 Å². The van der Waals surface area contributed by atoms with E-state index in [2.05, 4.69) is 5.32 Å². The van der Waals surface area contributed by atoms with Crippen molar-refractivity contribution in [1.29, 1.82) is 0 Å². The van der Waals surface area contributed by atoms with Gasteiger partial charge in [0.15, 0.2) is 0 Å². The lowest BCUT2D eigenvalue weighted by Crippen LogP contribution is -2.55. The number of hydrogen-bond acceptors (Lipinski definition) is 7. The van der Waals surface area contributed by atoms with E-state index in [1.165, 1.54) is 7.05 Å². The molecule has 0 bridgehead atoms. The van der Waals surface area contributed by atoms with Gasteiger partial charge in [0.1, 0.15) is 41.7 Å². The second kappa shape index (κ2) is 9.63. The molecule has 1 fully saturated rings. The van der Waals surface area contributed by atoms with E-state index in [9.17, 15) is 20.1 Å². The molecule has 0 saturated carbocycles. The van der Waals surface area contributed by atoms with E-state index in [1.807, 2.05) is 0 Å². The molecule has 1 heterocycles. The summed E-state index contributed by atoms with van der Waals surface area (Å²) in [6.45, 7) is 0. The molecule has 5 atom stereocenters. The van der Waals surface area contributed by atoms with Gasteiger partial charge in [-0.3, -0.25) is 4.79 Å². The summed E-state index contributed by atoms with van der Waals surface area (Å²) < 4.78 is 16.7. The molecular formula is C21H24ClNO7. The lowest BCUT2D eigenvalue weighted by Gasteiger charge is -2.40. The summed E-state index contributed by atoms with van der Waals surface area (Å²) in [5.74, 6) is 1.16. The quantitative estimate of drug-likeness (QED) is 0.544. The van der Waals surface area contributed by atoms with E-state index in [-0.39, 0.29) is 12.3 Å². The van der Waals surface area contributed by atoms with Crippen LogP contribution in [0.1, 0.15) is 18.1 Å². The Balaban J connectivity index is 1.84. The van der Waals surface area contributed by atoms with E-state index in [4.69, 9.17) is 25.8 Å². The lowest BCUT2D eigenvalue weighted by atomic mass is 9.90. The number of nitrogens with one attached hydrogen (secondary N) is 1. The van der Waals surface area contributed by atoms with Crippen LogP contribution in [0.3, 0.4) is 0 Å². The number of carbonyl (C=O) groups excluding carboxylic acids is 1. The van der Waals surface area contributed by atoms with Crippen LogP contribution in [0.2, 0.25) is 5.02 Å². The first kappa shape index (κ1) is 22.3. The Morgan fingerprint density at radius 2 is 1.73 bits per heavy atom. The molecule has 162 valence electrons. The molecule has 2 aromatic rings. The van der Waals surface area contributed by atoms with Crippen LogP contribution in [0.5, 0.6) is 17.2 Å². The Labute approximate surface area is 179 Å². The number of methoxy groups -OCH3 is 1. The zero-order valence-corrected chi connectivity index (χ0v) is 17.2. The Morgan fingerprint density at radius 3 is 2.37 bits per heavy atom. The summed E-state index contributed by atoms with van der Waals surface area (Å²) in [5.41, 5.74) is 0.475. The molecule has 1 aliphatic heterocycles. The predicted octanol–water partition coefficient (Wildman–Crippen LogP) is 1.80. The van der Waals surface area contributed by atoms with Crippen LogP contribution < -0.4 is 14.8 Å². The summed E-state index contributed by atoms with van der Waals surface area (Å²) >= 11 is 6.25. The molecule has 1 amide bonds. The minimum atomic E-state index is -1.49. The molecular weight excluding hydrogens is 414 g/mol. The molecule has 4 N–H and O–H groups in total. The minimum absolute atomic E-state index is 0.166. The van der Waals surface area contributed by atoms with Crippen LogP contribution in [0, 0.1) is 0 Å². The van der Waals surface area contributed by atoms with Gasteiger partial charge in [-0.2, -0.15) is 0 Å². The van der Waals surface area contributed by atoms with Gasteiger partial charge in [-0.05, 0) is 42.0 Å². The highest BCUT2D eigenvalue weighted by Crippen LogP contribution is 2.38. The number of halogens is 1. The molecule has 0 spiro atoms. The molecule has 1 aliphatic rings. The number of hydrogen-bond donors (Lipinski definition) is 4. The number of aliphatic hydroxyl groups excluding tert-OH is 3. The highest BCUT2D eigenvalue weighted by atomic mass is 35.5. The Hall–Kier alpha value is -2.36. The largest absolute Gasteiger partial charge is 0.497 e. The number of carbonyl (C=O) groups is 1. The number of rotatable bonds is 6. The van der Waals surface area contributed by atoms with Gasteiger partial charge in [0.2, 0.25) is 5.91 Å². The van der Waals surface area contributed by atoms with Crippen LogP contribution >= 0.6 is 11.6 Å². The zero-order valence-electron chi connectivity index (χ0n) is 16.5. The fraction of sp³-hybridized carbons (Fsp3) is 0.381. The van der Waals surface area contributed by atoms with Crippen LogP contribution in [0.15, 0.2) is 42.5 Å². The predicted molar refractivity (Wildman–Crippen MR) is 109 cm³/mol. The maximum atomic E-state index is 11.7. The molecule has 0 radical (unpaired) electrons. The Morgan fingerprint density at radius 1 is 1.07 bits per heavy atom. The van der Waals surface area contributed by atoms with Crippen molar-refractivity contribution in [1.82, 2.24) is 5.32 Å². The zero-order chi connectivity index (χ0) is 21.8. The van der Waals surface area contributed by atoms with Crippen molar-refractivity contribution in [2.75, 3.05) is 14.2 Å². The van der Waals surface area contributed by atoms with Gasteiger partial charge in [0.05, 0.1) is 24.7 Å². The topological polar surface area (TPSA) is 117 Å². The molecule has 0 aliphatic carbocycles. The monoisotopic (exact) mass is 437 g/mol. The second-order valence-electron chi connectivity index (χ2n) is 6.91. The normalized spacial score (nSPS) is 26.1. The third kappa shape index (κ3) is 4.85. The molecule has 2 aromatic carbocycles.